The first-order valence-corrected chi connectivity index (χ1v) is 7.24. The van der Waals surface area contributed by atoms with Crippen molar-refractivity contribution in [1.82, 2.24) is 5.32 Å². The molecule has 3 heteroatoms. The molecule has 0 bridgehead atoms. The Labute approximate surface area is 115 Å². The maximum absolute atomic E-state index is 12.2. The minimum Gasteiger partial charge on any atom is -0.348 e. The smallest absolute Gasteiger partial charge is 0.240 e. The number of carbonyl (C=O) groups excluding carboxylic acids is 1. The minimum absolute atomic E-state index is 0.00271. The van der Waals surface area contributed by atoms with E-state index < -0.39 is 5.54 Å². The van der Waals surface area contributed by atoms with Crippen molar-refractivity contribution in [1.29, 1.82) is 0 Å². The van der Waals surface area contributed by atoms with E-state index in [2.05, 4.69) is 36.5 Å². The van der Waals surface area contributed by atoms with Crippen molar-refractivity contribution in [3.05, 3.63) is 35.4 Å². The van der Waals surface area contributed by atoms with E-state index in [-0.39, 0.29) is 11.9 Å². The Kier molecular flexibility index (Phi) is 4.25. The highest BCUT2D eigenvalue weighted by atomic mass is 16.2. The van der Waals surface area contributed by atoms with E-state index in [0.717, 1.165) is 37.7 Å². The fraction of sp³-hybridized carbons (Fsp3) is 0.562. The number of amides is 1. The zero-order valence-corrected chi connectivity index (χ0v) is 11.9. The van der Waals surface area contributed by atoms with Crippen LogP contribution < -0.4 is 11.1 Å². The van der Waals surface area contributed by atoms with E-state index in [1.165, 1.54) is 5.56 Å². The van der Waals surface area contributed by atoms with Gasteiger partial charge in [-0.3, -0.25) is 4.79 Å². The fourth-order valence-electron chi connectivity index (χ4n) is 2.70. The third-order valence-electron chi connectivity index (χ3n) is 4.18. The Hall–Kier alpha value is -1.35. The molecule has 1 unspecified atom stereocenters. The van der Waals surface area contributed by atoms with Gasteiger partial charge in [-0.2, -0.15) is 0 Å². The molecule has 2 rings (SSSR count). The van der Waals surface area contributed by atoms with Gasteiger partial charge < -0.3 is 11.1 Å². The third-order valence-corrected chi connectivity index (χ3v) is 4.18. The lowest BCUT2D eigenvalue weighted by Gasteiger charge is -2.25. The summed E-state index contributed by atoms with van der Waals surface area (Å²) in [6.07, 6.45) is 4.76. The van der Waals surface area contributed by atoms with Gasteiger partial charge in [-0.25, -0.2) is 0 Å². The molecule has 0 spiro atoms. The van der Waals surface area contributed by atoms with Gasteiger partial charge in [-0.1, -0.05) is 44.0 Å². The van der Waals surface area contributed by atoms with E-state index in [0.29, 0.717) is 0 Å². The monoisotopic (exact) mass is 260 g/mol. The van der Waals surface area contributed by atoms with Gasteiger partial charge in [-0.15, -0.1) is 0 Å². The predicted octanol–water partition coefficient (Wildman–Crippen LogP) is 2.70. The lowest BCUT2D eigenvalue weighted by molar-refractivity contribution is -0.126. The molecule has 1 aromatic rings. The maximum atomic E-state index is 12.2. The summed E-state index contributed by atoms with van der Waals surface area (Å²) >= 11 is 0. The molecule has 1 aromatic carbocycles. The van der Waals surface area contributed by atoms with Crippen molar-refractivity contribution in [2.75, 3.05) is 0 Å². The van der Waals surface area contributed by atoms with Gasteiger partial charge in [0, 0.05) is 0 Å². The predicted molar refractivity (Wildman–Crippen MR) is 77.8 cm³/mol. The van der Waals surface area contributed by atoms with Crippen LogP contribution >= 0.6 is 0 Å². The van der Waals surface area contributed by atoms with Gasteiger partial charge in [-0.05, 0) is 37.3 Å². The molecule has 0 saturated heterocycles. The lowest BCUT2D eigenvalue weighted by atomic mass is 9.97. The topological polar surface area (TPSA) is 55.1 Å². The molecule has 1 aliphatic rings. The highest BCUT2D eigenvalue weighted by molar-refractivity contribution is 5.86. The van der Waals surface area contributed by atoms with Crippen LogP contribution in [0, 0.1) is 0 Å². The number of rotatable bonds is 4. The van der Waals surface area contributed by atoms with Crippen molar-refractivity contribution in [2.45, 2.75) is 57.5 Å². The summed E-state index contributed by atoms with van der Waals surface area (Å²) in [5, 5.41) is 3.05. The van der Waals surface area contributed by atoms with Crippen LogP contribution in [-0.2, 0) is 11.2 Å². The summed E-state index contributed by atoms with van der Waals surface area (Å²) in [6.45, 7) is 4.15. The quantitative estimate of drug-likeness (QED) is 0.874. The summed E-state index contributed by atoms with van der Waals surface area (Å²) in [5.41, 5.74) is 7.97. The third kappa shape index (κ3) is 3.16. The summed E-state index contributed by atoms with van der Waals surface area (Å²) in [6, 6.07) is 8.42. The molecule has 1 saturated carbocycles. The van der Waals surface area contributed by atoms with Crippen molar-refractivity contribution >= 4 is 5.91 Å². The molecule has 1 aliphatic carbocycles. The summed E-state index contributed by atoms with van der Waals surface area (Å²) in [7, 11) is 0. The van der Waals surface area contributed by atoms with Gasteiger partial charge in [0.2, 0.25) is 5.91 Å². The van der Waals surface area contributed by atoms with Crippen molar-refractivity contribution in [3.63, 3.8) is 0 Å². The first-order valence-electron chi connectivity index (χ1n) is 7.24. The van der Waals surface area contributed by atoms with Gasteiger partial charge in [0.1, 0.15) is 0 Å². The van der Waals surface area contributed by atoms with Gasteiger partial charge >= 0.3 is 0 Å². The highest BCUT2D eigenvalue weighted by Gasteiger charge is 2.37. The molecule has 104 valence electrons. The van der Waals surface area contributed by atoms with Crippen LogP contribution in [0.15, 0.2) is 24.3 Å². The van der Waals surface area contributed by atoms with Crippen molar-refractivity contribution in [2.24, 2.45) is 5.73 Å². The van der Waals surface area contributed by atoms with Crippen LogP contribution in [0.4, 0.5) is 0 Å². The Balaban J connectivity index is 1.99. The Morgan fingerprint density at radius 2 is 1.89 bits per heavy atom. The number of aryl methyl sites for hydroxylation is 1. The lowest BCUT2D eigenvalue weighted by Crippen LogP contribution is -2.52. The second kappa shape index (κ2) is 5.74. The van der Waals surface area contributed by atoms with Gasteiger partial charge in [0.05, 0.1) is 11.6 Å². The number of nitrogens with two attached hydrogens (primary N) is 1. The Bertz CT molecular complexity index is 433. The molecule has 1 amide bonds. The van der Waals surface area contributed by atoms with Crippen LogP contribution in [0.1, 0.15) is 56.7 Å². The minimum atomic E-state index is -0.641. The van der Waals surface area contributed by atoms with Gasteiger partial charge in [0.15, 0.2) is 0 Å². The van der Waals surface area contributed by atoms with Crippen LogP contribution in [-0.4, -0.2) is 11.4 Å². The van der Waals surface area contributed by atoms with Gasteiger partial charge in [0.25, 0.3) is 0 Å². The maximum Gasteiger partial charge on any atom is 0.240 e. The highest BCUT2D eigenvalue weighted by Crippen LogP contribution is 2.28. The number of hydrogen-bond donors (Lipinski definition) is 2. The average molecular weight is 260 g/mol. The number of nitrogens with one attached hydrogen (secondary N) is 1. The molecule has 3 nitrogen and oxygen atoms in total. The van der Waals surface area contributed by atoms with Crippen LogP contribution in [0.25, 0.3) is 0 Å². The fourth-order valence-corrected chi connectivity index (χ4v) is 2.70. The zero-order chi connectivity index (χ0) is 13.9. The Morgan fingerprint density at radius 1 is 1.32 bits per heavy atom. The number of carbonyl (C=O) groups is 1. The van der Waals surface area contributed by atoms with E-state index in [9.17, 15) is 4.79 Å². The second-order valence-electron chi connectivity index (χ2n) is 5.65. The Morgan fingerprint density at radius 3 is 2.42 bits per heavy atom. The average Bonchev–Trinajstić information content (AvgIpc) is 2.87. The molecular formula is C16H24N2O. The molecule has 0 radical (unpaired) electrons. The standard InChI is InChI=1S/C16H24N2O/c1-3-13-6-8-14(9-7-13)12(2)18-15(19)16(17)10-4-5-11-16/h6-9,12H,3-5,10-11,17H2,1-2H3,(H,18,19). The zero-order valence-electron chi connectivity index (χ0n) is 11.9. The van der Waals surface area contributed by atoms with Crippen LogP contribution in [0.5, 0.6) is 0 Å². The number of benzene rings is 1. The molecule has 1 atom stereocenters. The molecular weight excluding hydrogens is 236 g/mol. The summed E-state index contributed by atoms with van der Waals surface area (Å²) in [4.78, 5) is 12.2. The van der Waals surface area contributed by atoms with Crippen molar-refractivity contribution < 1.29 is 4.79 Å². The molecule has 0 heterocycles. The largest absolute Gasteiger partial charge is 0.348 e. The van der Waals surface area contributed by atoms with Crippen LogP contribution in [0.2, 0.25) is 0 Å². The van der Waals surface area contributed by atoms with Crippen LogP contribution in [0.3, 0.4) is 0 Å². The van der Waals surface area contributed by atoms with Crippen molar-refractivity contribution in [3.8, 4) is 0 Å². The molecule has 1 fully saturated rings. The van der Waals surface area contributed by atoms with E-state index in [1.807, 2.05) is 6.92 Å². The van der Waals surface area contributed by atoms with E-state index in [1.54, 1.807) is 0 Å². The molecule has 0 aliphatic heterocycles. The van der Waals surface area contributed by atoms with E-state index in [4.69, 9.17) is 5.73 Å². The second-order valence-corrected chi connectivity index (χ2v) is 5.65. The molecule has 19 heavy (non-hydrogen) atoms. The first-order chi connectivity index (χ1) is 9.05. The first kappa shape index (κ1) is 14.1. The normalized spacial score (nSPS) is 19.1. The summed E-state index contributed by atoms with van der Waals surface area (Å²) in [5.74, 6) is -0.00271. The molecule has 3 N–H and O–H groups in total. The summed E-state index contributed by atoms with van der Waals surface area (Å²) < 4.78 is 0. The van der Waals surface area contributed by atoms with E-state index >= 15 is 0 Å². The SMILES string of the molecule is CCc1ccc(C(C)NC(=O)C2(N)CCCC2)cc1. The molecule has 0 aromatic heterocycles. The number of hydrogen-bond acceptors (Lipinski definition) is 2.